The van der Waals surface area contributed by atoms with Crippen molar-refractivity contribution < 1.29 is 14.4 Å². The van der Waals surface area contributed by atoms with Crippen molar-refractivity contribution in [2.75, 3.05) is 24.9 Å². The van der Waals surface area contributed by atoms with Gasteiger partial charge in [-0.05, 0) is 30.7 Å². The summed E-state index contributed by atoms with van der Waals surface area (Å²) in [6.45, 7) is 1.90. The van der Waals surface area contributed by atoms with Crippen LogP contribution in [0.1, 0.15) is 5.56 Å². The van der Waals surface area contributed by atoms with Crippen molar-refractivity contribution in [2.45, 2.75) is 6.92 Å². The van der Waals surface area contributed by atoms with Crippen molar-refractivity contribution >= 4 is 28.8 Å². The van der Waals surface area contributed by atoms with E-state index in [2.05, 4.69) is 25.6 Å². The molecule has 0 unspecified atom stereocenters. The average molecular weight is 382 g/mol. The first-order valence-electron chi connectivity index (χ1n) is 8.20. The van der Waals surface area contributed by atoms with Gasteiger partial charge in [0.2, 0.25) is 11.6 Å². The highest BCUT2D eigenvalue weighted by Gasteiger charge is 2.24. The number of ether oxygens (including phenoxy) is 2. The van der Waals surface area contributed by atoms with Crippen LogP contribution in [0.15, 0.2) is 42.9 Å². The number of nitrogens with zero attached hydrogens (tertiary/aromatic N) is 4. The van der Waals surface area contributed by atoms with Crippen LogP contribution in [0.3, 0.4) is 0 Å². The van der Waals surface area contributed by atoms with E-state index < -0.39 is 4.92 Å². The molecule has 0 radical (unpaired) electrons. The van der Waals surface area contributed by atoms with Gasteiger partial charge in [0.05, 0.1) is 24.8 Å². The van der Waals surface area contributed by atoms with Crippen molar-refractivity contribution in [1.29, 1.82) is 0 Å². The van der Waals surface area contributed by atoms with E-state index in [0.29, 0.717) is 23.0 Å². The van der Waals surface area contributed by atoms with E-state index in [1.165, 1.54) is 20.5 Å². The molecule has 0 amide bonds. The van der Waals surface area contributed by atoms with Gasteiger partial charge in [0, 0.05) is 12.3 Å². The van der Waals surface area contributed by atoms with Gasteiger partial charge < -0.3 is 20.1 Å². The fraction of sp³-hybridized carbons (Fsp3) is 0.167. The van der Waals surface area contributed by atoms with E-state index in [1.807, 2.05) is 13.0 Å². The standard InChI is InChI=1S/C18H18N6O4/c1-11-4-7-15(19-9-11)23-18-16(24(25)26)17(20-10-21-18)22-13-6-5-12(27-2)8-14(13)28-3/h4-10H,1-3H3,(H2,19,20,21,22,23). The molecular formula is C18H18N6O4. The van der Waals surface area contributed by atoms with Crippen molar-refractivity contribution in [3.05, 3.63) is 58.5 Å². The van der Waals surface area contributed by atoms with Crippen molar-refractivity contribution in [3.8, 4) is 11.5 Å². The molecule has 144 valence electrons. The van der Waals surface area contributed by atoms with E-state index in [0.717, 1.165) is 5.56 Å². The summed E-state index contributed by atoms with van der Waals surface area (Å²) in [5.41, 5.74) is 1.14. The molecule has 2 N–H and O–H groups in total. The monoisotopic (exact) mass is 382 g/mol. The van der Waals surface area contributed by atoms with Gasteiger partial charge in [0.15, 0.2) is 0 Å². The predicted molar refractivity (Wildman–Crippen MR) is 104 cm³/mol. The molecule has 2 heterocycles. The first-order valence-corrected chi connectivity index (χ1v) is 8.20. The van der Waals surface area contributed by atoms with E-state index in [9.17, 15) is 10.1 Å². The Morgan fingerprint density at radius 3 is 2.36 bits per heavy atom. The second-order valence-electron chi connectivity index (χ2n) is 5.71. The van der Waals surface area contributed by atoms with Crippen LogP contribution < -0.4 is 20.1 Å². The molecule has 0 spiro atoms. The molecule has 28 heavy (non-hydrogen) atoms. The molecule has 0 bridgehead atoms. The number of nitrogens with one attached hydrogen (secondary N) is 2. The third kappa shape index (κ3) is 4.06. The lowest BCUT2D eigenvalue weighted by molar-refractivity contribution is -0.383. The third-order valence-electron chi connectivity index (χ3n) is 3.82. The van der Waals surface area contributed by atoms with Crippen LogP contribution in [-0.2, 0) is 0 Å². The molecule has 0 saturated heterocycles. The van der Waals surface area contributed by atoms with Gasteiger partial charge in [-0.25, -0.2) is 15.0 Å². The smallest absolute Gasteiger partial charge is 0.353 e. The third-order valence-corrected chi connectivity index (χ3v) is 3.82. The summed E-state index contributed by atoms with van der Waals surface area (Å²) in [5.74, 6) is 1.50. The Balaban J connectivity index is 1.98. The number of hydrogen-bond acceptors (Lipinski definition) is 9. The molecular weight excluding hydrogens is 364 g/mol. The topological polar surface area (TPSA) is 124 Å². The molecule has 0 aliphatic rings. The molecule has 2 aromatic heterocycles. The number of methoxy groups -OCH3 is 2. The van der Waals surface area contributed by atoms with Gasteiger partial charge >= 0.3 is 5.69 Å². The maximum Gasteiger partial charge on any atom is 0.353 e. The van der Waals surface area contributed by atoms with Gasteiger partial charge in [0.1, 0.15) is 23.6 Å². The minimum Gasteiger partial charge on any atom is -0.497 e. The molecule has 0 aliphatic heterocycles. The average Bonchev–Trinajstić information content (AvgIpc) is 2.70. The SMILES string of the molecule is COc1ccc(Nc2ncnc(Nc3ccc(C)cn3)c2[N+](=O)[O-])c(OC)c1. The molecule has 0 fully saturated rings. The minimum atomic E-state index is -0.561. The lowest BCUT2D eigenvalue weighted by atomic mass is 10.2. The number of rotatable bonds is 7. The van der Waals surface area contributed by atoms with Crippen molar-refractivity contribution in [3.63, 3.8) is 0 Å². The number of nitro groups is 1. The number of pyridine rings is 1. The summed E-state index contributed by atoms with van der Waals surface area (Å²) in [6, 6.07) is 8.58. The maximum absolute atomic E-state index is 11.7. The zero-order chi connectivity index (χ0) is 20.1. The predicted octanol–water partition coefficient (Wildman–Crippen LogP) is 3.59. The number of hydrogen-bond donors (Lipinski definition) is 2. The van der Waals surface area contributed by atoms with E-state index in [-0.39, 0.29) is 17.3 Å². The Kier molecular flexibility index (Phi) is 5.49. The summed E-state index contributed by atoms with van der Waals surface area (Å²) < 4.78 is 10.5. The Bertz CT molecular complexity index is 994. The van der Waals surface area contributed by atoms with Gasteiger partial charge in [-0.1, -0.05) is 6.07 Å². The van der Waals surface area contributed by atoms with Crippen molar-refractivity contribution in [1.82, 2.24) is 15.0 Å². The molecule has 0 atom stereocenters. The highest BCUT2D eigenvalue weighted by atomic mass is 16.6. The van der Waals surface area contributed by atoms with Gasteiger partial charge in [-0.2, -0.15) is 0 Å². The summed E-state index contributed by atoms with van der Waals surface area (Å²) in [7, 11) is 3.03. The Labute approximate surface area is 160 Å². The van der Waals surface area contributed by atoms with Crippen LogP contribution in [0.25, 0.3) is 0 Å². The van der Waals surface area contributed by atoms with Crippen LogP contribution >= 0.6 is 0 Å². The summed E-state index contributed by atoms with van der Waals surface area (Å²) in [5, 5.41) is 17.5. The highest BCUT2D eigenvalue weighted by Crippen LogP contribution is 2.36. The number of anilines is 4. The second kappa shape index (κ2) is 8.16. The summed E-state index contributed by atoms with van der Waals surface area (Å²) in [6.07, 6.45) is 2.87. The van der Waals surface area contributed by atoms with Crippen LogP contribution in [0, 0.1) is 17.0 Å². The minimum absolute atomic E-state index is 0.0121. The van der Waals surface area contributed by atoms with Crippen LogP contribution in [0.5, 0.6) is 11.5 Å². The fourth-order valence-corrected chi connectivity index (χ4v) is 2.43. The normalized spacial score (nSPS) is 10.2. The molecule has 0 saturated carbocycles. The van der Waals surface area contributed by atoms with E-state index >= 15 is 0 Å². The van der Waals surface area contributed by atoms with Crippen LogP contribution in [-0.4, -0.2) is 34.1 Å². The Morgan fingerprint density at radius 1 is 1.00 bits per heavy atom. The molecule has 10 nitrogen and oxygen atoms in total. The van der Waals surface area contributed by atoms with Crippen LogP contribution in [0.2, 0.25) is 0 Å². The van der Waals surface area contributed by atoms with Gasteiger partial charge in [-0.3, -0.25) is 10.1 Å². The summed E-state index contributed by atoms with van der Waals surface area (Å²) >= 11 is 0. The Hall–Kier alpha value is -3.95. The molecule has 0 aliphatic carbocycles. The number of aryl methyl sites for hydroxylation is 1. The van der Waals surface area contributed by atoms with Crippen molar-refractivity contribution in [2.24, 2.45) is 0 Å². The summed E-state index contributed by atoms with van der Waals surface area (Å²) in [4.78, 5) is 23.3. The Morgan fingerprint density at radius 2 is 1.75 bits per heavy atom. The lowest BCUT2D eigenvalue weighted by Crippen LogP contribution is -2.06. The zero-order valence-electron chi connectivity index (χ0n) is 15.5. The van der Waals surface area contributed by atoms with Crippen LogP contribution in [0.4, 0.5) is 28.8 Å². The largest absolute Gasteiger partial charge is 0.497 e. The van der Waals surface area contributed by atoms with Gasteiger partial charge in [-0.15, -0.1) is 0 Å². The maximum atomic E-state index is 11.7. The number of aromatic nitrogens is 3. The first-order chi connectivity index (χ1) is 13.5. The van der Waals surface area contributed by atoms with E-state index in [4.69, 9.17) is 9.47 Å². The quantitative estimate of drug-likeness (QED) is 0.466. The second-order valence-corrected chi connectivity index (χ2v) is 5.71. The fourth-order valence-electron chi connectivity index (χ4n) is 2.43. The first kappa shape index (κ1) is 18.8. The zero-order valence-corrected chi connectivity index (χ0v) is 15.5. The highest BCUT2D eigenvalue weighted by molar-refractivity contribution is 5.78. The lowest BCUT2D eigenvalue weighted by Gasteiger charge is -2.13. The van der Waals surface area contributed by atoms with Gasteiger partial charge in [0.25, 0.3) is 0 Å². The number of benzene rings is 1. The molecule has 3 rings (SSSR count). The molecule has 1 aromatic carbocycles. The molecule has 10 heteroatoms. The van der Waals surface area contributed by atoms with E-state index in [1.54, 1.807) is 30.5 Å². The molecule has 3 aromatic rings.